The number of H-pyrrole nitrogens is 1. The van der Waals surface area contributed by atoms with Gasteiger partial charge in [-0.15, -0.1) is 0 Å². The quantitative estimate of drug-likeness (QED) is 0.768. The average molecular weight is 279 g/mol. The maximum Gasteiger partial charge on any atom is 0.258 e. The highest BCUT2D eigenvalue weighted by molar-refractivity contribution is 5.94. The second kappa shape index (κ2) is 5.58. The van der Waals surface area contributed by atoms with Crippen LogP contribution in [0.4, 0.5) is 0 Å². The second-order valence-corrected chi connectivity index (χ2v) is 4.63. The lowest BCUT2D eigenvalue weighted by Gasteiger charge is -2.06. The van der Waals surface area contributed by atoms with Crippen LogP contribution in [-0.2, 0) is 6.54 Å². The number of amides is 1. The van der Waals surface area contributed by atoms with E-state index in [2.05, 4.69) is 15.3 Å². The number of hydrogen-bond acceptors (Lipinski definition) is 3. The van der Waals surface area contributed by atoms with E-state index >= 15 is 0 Å². The molecule has 3 aromatic rings. The molecule has 3 rings (SSSR count). The number of hydrogen-bond donors (Lipinski definition) is 2. The molecule has 0 aliphatic rings. The molecule has 2 aromatic carbocycles. The summed E-state index contributed by atoms with van der Waals surface area (Å²) in [5, 5.41) is 3.35. The number of fused-ring (bicyclic) bond motifs is 1. The van der Waals surface area contributed by atoms with Gasteiger partial charge in [0.15, 0.2) is 0 Å². The molecule has 0 saturated heterocycles. The van der Waals surface area contributed by atoms with Gasteiger partial charge in [-0.1, -0.05) is 24.3 Å². The molecule has 0 bridgehead atoms. The Kier molecular flexibility index (Phi) is 3.47. The number of carbonyl (C=O) groups is 1. The van der Waals surface area contributed by atoms with E-state index in [4.69, 9.17) is 0 Å². The highest BCUT2D eigenvalue weighted by atomic mass is 16.1. The lowest BCUT2D eigenvalue weighted by Crippen LogP contribution is -2.22. The first kappa shape index (κ1) is 13.1. The Morgan fingerprint density at radius 1 is 1.14 bits per heavy atom. The van der Waals surface area contributed by atoms with Crippen molar-refractivity contribution in [2.75, 3.05) is 0 Å². The summed E-state index contributed by atoms with van der Waals surface area (Å²) in [6.07, 6.45) is 1.38. The first-order valence-electron chi connectivity index (χ1n) is 6.53. The van der Waals surface area contributed by atoms with Crippen LogP contribution in [0.1, 0.15) is 15.9 Å². The molecule has 0 fully saturated rings. The summed E-state index contributed by atoms with van der Waals surface area (Å²) >= 11 is 0. The molecular formula is C16H13N3O2. The largest absolute Gasteiger partial charge is 0.348 e. The van der Waals surface area contributed by atoms with E-state index in [1.807, 2.05) is 24.3 Å². The van der Waals surface area contributed by atoms with Gasteiger partial charge >= 0.3 is 0 Å². The van der Waals surface area contributed by atoms with Crippen molar-refractivity contribution < 1.29 is 4.79 Å². The predicted molar refractivity (Wildman–Crippen MR) is 80.0 cm³/mol. The van der Waals surface area contributed by atoms with Gasteiger partial charge in [-0.2, -0.15) is 0 Å². The fraction of sp³-hybridized carbons (Fsp3) is 0.0625. The minimum absolute atomic E-state index is 0.143. The van der Waals surface area contributed by atoms with Gasteiger partial charge < -0.3 is 10.3 Å². The molecule has 0 radical (unpaired) electrons. The normalized spacial score (nSPS) is 10.5. The molecule has 1 heterocycles. The monoisotopic (exact) mass is 279 g/mol. The van der Waals surface area contributed by atoms with E-state index in [9.17, 15) is 9.59 Å². The number of benzene rings is 2. The lowest BCUT2D eigenvalue weighted by atomic mass is 10.1. The summed E-state index contributed by atoms with van der Waals surface area (Å²) in [4.78, 5) is 30.3. The lowest BCUT2D eigenvalue weighted by molar-refractivity contribution is 0.0951. The minimum atomic E-state index is -0.184. The van der Waals surface area contributed by atoms with Crippen molar-refractivity contribution in [3.8, 4) is 0 Å². The van der Waals surface area contributed by atoms with Gasteiger partial charge in [0.2, 0.25) is 0 Å². The molecule has 0 unspecified atom stereocenters. The molecule has 0 saturated carbocycles. The van der Waals surface area contributed by atoms with Gasteiger partial charge in [-0.3, -0.25) is 9.59 Å². The van der Waals surface area contributed by atoms with Gasteiger partial charge in [-0.25, -0.2) is 4.98 Å². The van der Waals surface area contributed by atoms with Crippen LogP contribution in [0.3, 0.4) is 0 Å². The van der Waals surface area contributed by atoms with E-state index < -0.39 is 0 Å². The van der Waals surface area contributed by atoms with Gasteiger partial charge in [0.05, 0.1) is 17.2 Å². The molecule has 0 aliphatic carbocycles. The standard InChI is InChI=1S/C16H13N3O2/c20-15(12-4-2-1-3-5-12)17-9-11-6-7-14-13(8-11)16(21)19-10-18-14/h1-8,10H,9H2,(H,17,20)(H,18,19,21). The van der Waals surface area contributed by atoms with Crippen LogP contribution in [0.25, 0.3) is 10.9 Å². The van der Waals surface area contributed by atoms with Crippen molar-refractivity contribution in [3.63, 3.8) is 0 Å². The molecule has 0 aliphatic heterocycles. The van der Waals surface area contributed by atoms with E-state index in [-0.39, 0.29) is 11.5 Å². The summed E-state index contributed by atoms with van der Waals surface area (Å²) in [5.41, 5.74) is 1.91. The molecule has 0 atom stereocenters. The number of nitrogens with one attached hydrogen (secondary N) is 2. The van der Waals surface area contributed by atoms with Crippen molar-refractivity contribution in [1.82, 2.24) is 15.3 Å². The van der Waals surface area contributed by atoms with Crippen LogP contribution in [0.15, 0.2) is 59.7 Å². The van der Waals surface area contributed by atoms with E-state index in [1.54, 1.807) is 24.3 Å². The summed E-state index contributed by atoms with van der Waals surface area (Å²) in [6, 6.07) is 14.4. The Balaban J connectivity index is 1.78. The first-order valence-corrected chi connectivity index (χ1v) is 6.53. The fourth-order valence-corrected chi connectivity index (χ4v) is 2.10. The fourth-order valence-electron chi connectivity index (χ4n) is 2.10. The first-order chi connectivity index (χ1) is 10.2. The van der Waals surface area contributed by atoms with Crippen LogP contribution >= 0.6 is 0 Å². The summed E-state index contributed by atoms with van der Waals surface area (Å²) in [7, 11) is 0. The van der Waals surface area contributed by atoms with E-state index in [1.165, 1.54) is 6.33 Å². The number of nitrogens with zero attached hydrogens (tertiary/aromatic N) is 1. The van der Waals surface area contributed by atoms with Crippen molar-refractivity contribution in [3.05, 3.63) is 76.3 Å². The zero-order valence-corrected chi connectivity index (χ0v) is 11.2. The maximum atomic E-state index is 12.0. The second-order valence-electron chi connectivity index (χ2n) is 4.63. The third kappa shape index (κ3) is 2.81. The van der Waals surface area contributed by atoms with Crippen molar-refractivity contribution in [2.45, 2.75) is 6.54 Å². The topological polar surface area (TPSA) is 74.8 Å². The Morgan fingerprint density at radius 3 is 2.76 bits per heavy atom. The van der Waals surface area contributed by atoms with Crippen molar-refractivity contribution in [2.24, 2.45) is 0 Å². The molecule has 2 N–H and O–H groups in total. The SMILES string of the molecule is O=C(NCc1ccc2nc[nH]c(=O)c2c1)c1ccccc1. The Bertz CT molecular complexity index is 841. The highest BCUT2D eigenvalue weighted by Crippen LogP contribution is 2.09. The van der Waals surface area contributed by atoms with Gasteiger partial charge in [0, 0.05) is 12.1 Å². The zero-order chi connectivity index (χ0) is 14.7. The van der Waals surface area contributed by atoms with Crippen LogP contribution in [-0.4, -0.2) is 15.9 Å². The Labute approximate surface area is 120 Å². The van der Waals surface area contributed by atoms with Crippen LogP contribution in [0.5, 0.6) is 0 Å². The van der Waals surface area contributed by atoms with Gasteiger partial charge in [0.25, 0.3) is 11.5 Å². The molecule has 0 spiro atoms. The number of aromatic amines is 1. The molecule has 1 amide bonds. The number of aromatic nitrogens is 2. The van der Waals surface area contributed by atoms with E-state index in [0.29, 0.717) is 23.0 Å². The van der Waals surface area contributed by atoms with Crippen molar-refractivity contribution in [1.29, 1.82) is 0 Å². The van der Waals surface area contributed by atoms with Crippen LogP contribution in [0, 0.1) is 0 Å². The molecule has 5 heteroatoms. The smallest absolute Gasteiger partial charge is 0.258 e. The third-order valence-electron chi connectivity index (χ3n) is 3.19. The summed E-state index contributed by atoms with van der Waals surface area (Å²) in [6.45, 7) is 0.359. The molecule has 1 aromatic heterocycles. The third-order valence-corrected chi connectivity index (χ3v) is 3.19. The Hall–Kier alpha value is -2.95. The molecule has 21 heavy (non-hydrogen) atoms. The maximum absolute atomic E-state index is 12.0. The number of rotatable bonds is 3. The van der Waals surface area contributed by atoms with Crippen LogP contribution in [0.2, 0.25) is 0 Å². The van der Waals surface area contributed by atoms with Gasteiger partial charge in [0.1, 0.15) is 0 Å². The zero-order valence-electron chi connectivity index (χ0n) is 11.2. The average Bonchev–Trinajstić information content (AvgIpc) is 2.54. The predicted octanol–water partition coefficient (Wildman–Crippen LogP) is 1.85. The molecule has 5 nitrogen and oxygen atoms in total. The minimum Gasteiger partial charge on any atom is -0.348 e. The summed E-state index contributed by atoms with van der Waals surface area (Å²) in [5.74, 6) is -0.143. The van der Waals surface area contributed by atoms with Crippen LogP contribution < -0.4 is 10.9 Å². The summed E-state index contributed by atoms with van der Waals surface area (Å²) < 4.78 is 0. The van der Waals surface area contributed by atoms with E-state index in [0.717, 1.165) is 5.56 Å². The van der Waals surface area contributed by atoms with Gasteiger partial charge in [-0.05, 0) is 29.8 Å². The Morgan fingerprint density at radius 2 is 1.95 bits per heavy atom. The number of carbonyl (C=O) groups excluding carboxylic acids is 1. The molecule has 104 valence electrons. The highest BCUT2D eigenvalue weighted by Gasteiger charge is 2.05. The van der Waals surface area contributed by atoms with Crippen molar-refractivity contribution >= 4 is 16.8 Å². The molecular weight excluding hydrogens is 266 g/mol.